The van der Waals surface area contributed by atoms with E-state index in [2.05, 4.69) is 20.6 Å². The molecule has 0 aliphatic rings. The highest BCUT2D eigenvalue weighted by Crippen LogP contribution is 2.29. The highest BCUT2D eigenvalue weighted by molar-refractivity contribution is 6.42. The first kappa shape index (κ1) is 18.3. The van der Waals surface area contributed by atoms with Crippen LogP contribution in [0, 0.1) is 0 Å². The second-order valence-corrected chi connectivity index (χ2v) is 6.62. The molecule has 5 nitrogen and oxygen atoms in total. The van der Waals surface area contributed by atoms with E-state index in [1.54, 1.807) is 24.4 Å². The fraction of sp³-hybridized carbons (Fsp3) is 0.158. The van der Waals surface area contributed by atoms with E-state index in [0.29, 0.717) is 21.8 Å². The Morgan fingerprint density at radius 1 is 0.962 bits per heavy atom. The van der Waals surface area contributed by atoms with Crippen LogP contribution in [-0.2, 0) is 0 Å². The first-order chi connectivity index (χ1) is 12.5. The van der Waals surface area contributed by atoms with Gasteiger partial charge in [0.15, 0.2) is 0 Å². The Balaban J connectivity index is 1.78. The minimum atomic E-state index is 0.0709. The van der Waals surface area contributed by atoms with E-state index >= 15 is 0 Å². The zero-order chi connectivity index (χ0) is 18.5. The molecule has 1 heterocycles. The molecule has 26 heavy (non-hydrogen) atoms. The van der Waals surface area contributed by atoms with Gasteiger partial charge in [-0.05, 0) is 50.2 Å². The third-order valence-electron chi connectivity index (χ3n) is 3.34. The largest absolute Gasteiger partial charge is 0.489 e. The number of benzene rings is 2. The summed E-state index contributed by atoms with van der Waals surface area (Å²) in [7, 11) is 0. The molecule has 2 aromatic carbocycles. The fourth-order valence-electron chi connectivity index (χ4n) is 2.26. The van der Waals surface area contributed by atoms with Gasteiger partial charge in [-0.25, -0.2) is 4.98 Å². The summed E-state index contributed by atoms with van der Waals surface area (Å²) >= 11 is 12.0. The van der Waals surface area contributed by atoms with Crippen LogP contribution in [0.15, 0.2) is 54.7 Å². The average molecular weight is 389 g/mol. The van der Waals surface area contributed by atoms with Crippen LogP contribution in [-0.4, -0.2) is 16.1 Å². The molecule has 0 aliphatic carbocycles. The van der Waals surface area contributed by atoms with Crippen LogP contribution in [0.4, 0.5) is 23.1 Å². The third kappa shape index (κ3) is 4.77. The maximum Gasteiger partial charge on any atom is 0.229 e. The molecule has 0 unspecified atom stereocenters. The number of rotatable bonds is 6. The summed E-state index contributed by atoms with van der Waals surface area (Å²) in [6.07, 6.45) is 1.74. The summed E-state index contributed by atoms with van der Waals surface area (Å²) in [6, 6.07) is 14.7. The van der Waals surface area contributed by atoms with Gasteiger partial charge in [-0.1, -0.05) is 35.3 Å². The molecule has 0 aliphatic heterocycles. The summed E-state index contributed by atoms with van der Waals surface area (Å²) in [5.74, 6) is 1.83. The van der Waals surface area contributed by atoms with E-state index in [-0.39, 0.29) is 6.10 Å². The van der Waals surface area contributed by atoms with Crippen molar-refractivity contribution in [2.24, 2.45) is 0 Å². The summed E-state index contributed by atoms with van der Waals surface area (Å²) < 4.78 is 5.81. The lowest BCUT2D eigenvalue weighted by atomic mass is 10.3. The number of nitrogens with one attached hydrogen (secondary N) is 2. The number of nitrogens with zero attached hydrogens (tertiary/aromatic N) is 2. The van der Waals surface area contributed by atoms with Crippen LogP contribution in [0.1, 0.15) is 13.8 Å². The van der Waals surface area contributed by atoms with E-state index < -0.39 is 0 Å². The second kappa shape index (κ2) is 8.25. The Bertz CT molecular complexity index is 902. The van der Waals surface area contributed by atoms with Gasteiger partial charge in [0.1, 0.15) is 11.6 Å². The zero-order valence-electron chi connectivity index (χ0n) is 14.3. The van der Waals surface area contributed by atoms with Gasteiger partial charge in [-0.2, -0.15) is 4.98 Å². The van der Waals surface area contributed by atoms with Crippen molar-refractivity contribution in [2.45, 2.75) is 20.0 Å². The normalized spacial score (nSPS) is 10.7. The first-order valence-corrected chi connectivity index (χ1v) is 8.84. The van der Waals surface area contributed by atoms with Gasteiger partial charge in [0, 0.05) is 11.9 Å². The summed E-state index contributed by atoms with van der Waals surface area (Å²) in [5, 5.41) is 7.35. The lowest BCUT2D eigenvalue weighted by molar-refractivity contribution is 0.244. The van der Waals surface area contributed by atoms with E-state index in [1.807, 2.05) is 44.2 Å². The molecule has 0 saturated heterocycles. The van der Waals surface area contributed by atoms with Gasteiger partial charge in [-0.15, -0.1) is 0 Å². The maximum atomic E-state index is 6.05. The molecule has 1 aromatic heterocycles. The maximum absolute atomic E-state index is 6.05. The van der Waals surface area contributed by atoms with Gasteiger partial charge in [0.25, 0.3) is 0 Å². The number of aromatic nitrogens is 2. The van der Waals surface area contributed by atoms with Crippen molar-refractivity contribution in [1.29, 1.82) is 0 Å². The van der Waals surface area contributed by atoms with Gasteiger partial charge in [0.2, 0.25) is 5.95 Å². The van der Waals surface area contributed by atoms with Gasteiger partial charge in [-0.3, -0.25) is 0 Å². The quantitative estimate of drug-likeness (QED) is 0.537. The average Bonchev–Trinajstić information content (AvgIpc) is 2.60. The Hall–Kier alpha value is -2.50. The Labute approximate surface area is 162 Å². The molecular formula is C19H18Cl2N4O. The van der Waals surface area contributed by atoms with Crippen LogP contribution in [0.5, 0.6) is 5.75 Å². The van der Waals surface area contributed by atoms with Crippen LogP contribution >= 0.6 is 23.2 Å². The number of anilines is 4. The summed E-state index contributed by atoms with van der Waals surface area (Å²) in [5.41, 5.74) is 1.58. The molecule has 3 rings (SSSR count). The van der Waals surface area contributed by atoms with Crippen molar-refractivity contribution in [3.05, 3.63) is 64.8 Å². The Morgan fingerprint density at radius 2 is 1.77 bits per heavy atom. The molecule has 0 spiro atoms. The standard InChI is InChI=1S/C19H18Cl2N4O/c1-12(2)26-17-6-4-3-5-16(17)24-19-22-10-9-18(25-19)23-13-7-8-14(20)15(21)11-13/h3-12H,1-2H3,(H2,22,23,24,25). The SMILES string of the molecule is CC(C)Oc1ccccc1Nc1nccc(Nc2ccc(Cl)c(Cl)c2)n1. The molecule has 0 amide bonds. The molecule has 134 valence electrons. The minimum absolute atomic E-state index is 0.0709. The number of halogens is 2. The highest BCUT2D eigenvalue weighted by atomic mass is 35.5. The highest BCUT2D eigenvalue weighted by Gasteiger charge is 2.08. The van der Waals surface area contributed by atoms with Crippen molar-refractivity contribution in [2.75, 3.05) is 10.6 Å². The summed E-state index contributed by atoms with van der Waals surface area (Å²) in [4.78, 5) is 8.73. The molecule has 0 radical (unpaired) electrons. The lowest BCUT2D eigenvalue weighted by Gasteiger charge is -2.15. The number of para-hydroxylation sites is 2. The number of ether oxygens (including phenoxy) is 1. The van der Waals surface area contributed by atoms with Crippen LogP contribution < -0.4 is 15.4 Å². The first-order valence-electron chi connectivity index (χ1n) is 8.09. The van der Waals surface area contributed by atoms with E-state index in [1.165, 1.54) is 0 Å². The molecule has 0 atom stereocenters. The molecule has 0 saturated carbocycles. The van der Waals surface area contributed by atoms with Gasteiger partial charge < -0.3 is 15.4 Å². The van der Waals surface area contributed by atoms with Crippen LogP contribution in [0.25, 0.3) is 0 Å². The molecule has 3 aromatic rings. The molecule has 0 fully saturated rings. The predicted octanol–water partition coefficient (Wildman–Crippen LogP) is 6.06. The lowest BCUT2D eigenvalue weighted by Crippen LogP contribution is -2.08. The van der Waals surface area contributed by atoms with Crippen molar-refractivity contribution in [3.63, 3.8) is 0 Å². The van der Waals surface area contributed by atoms with Crippen molar-refractivity contribution >= 4 is 46.3 Å². The zero-order valence-corrected chi connectivity index (χ0v) is 15.8. The fourth-order valence-corrected chi connectivity index (χ4v) is 2.56. The van der Waals surface area contributed by atoms with Crippen molar-refractivity contribution in [3.8, 4) is 5.75 Å². The predicted molar refractivity (Wildman–Crippen MR) is 107 cm³/mol. The van der Waals surface area contributed by atoms with Crippen LogP contribution in [0.2, 0.25) is 10.0 Å². The summed E-state index contributed by atoms with van der Waals surface area (Å²) in [6.45, 7) is 3.96. The van der Waals surface area contributed by atoms with Gasteiger partial charge >= 0.3 is 0 Å². The smallest absolute Gasteiger partial charge is 0.229 e. The number of hydrogen-bond acceptors (Lipinski definition) is 5. The Morgan fingerprint density at radius 3 is 2.54 bits per heavy atom. The molecule has 0 bridgehead atoms. The molecule has 7 heteroatoms. The van der Waals surface area contributed by atoms with Crippen molar-refractivity contribution < 1.29 is 4.74 Å². The Kier molecular flexibility index (Phi) is 5.81. The van der Waals surface area contributed by atoms with Gasteiger partial charge in [0.05, 0.1) is 21.8 Å². The second-order valence-electron chi connectivity index (χ2n) is 5.81. The molecular weight excluding hydrogens is 371 g/mol. The van der Waals surface area contributed by atoms with E-state index in [0.717, 1.165) is 17.1 Å². The van der Waals surface area contributed by atoms with Crippen molar-refractivity contribution in [1.82, 2.24) is 9.97 Å². The van der Waals surface area contributed by atoms with E-state index in [4.69, 9.17) is 27.9 Å². The minimum Gasteiger partial charge on any atom is -0.489 e. The van der Waals surface area contributed by atoms with Crippen LogP contribution in [0.3, 0.4) is 0 Å². The third-order valence-corrected chi connectivity index (χ3v) is 4.08. The number of hydrogen-bond donors (Lipinski definition) is 2. The topological polar surface area (TPSA) is 59.1 Å². The van der Waals surface area contributed by atoms with E-state index in [9.17, 15) is 0 Å². The molecule has 2 N–H and O–H groups in total. The monoisotopic (exact) mass is 388 g/mol.